The van der Waals surface area contributed by atoms with Gasteiger partial charge in [-0.2, -0.15) is 5.26 Å². The van der Waals surface area contributed by atoms with Crippen LogP contribution in [-0.4, -0.2) is 16.6 Å². The molecule has 2 rings (SSSR count). The number of nitro benzene ring substituents is 1. The highest BCUT2D eigenvalue weighted by molar-refractivity contribution is 7.99. The van der Waals surface area contributed by atoms with Crippen LogP contribution in [0.3, 0.4) is 0 Å². The topological polar surface area (TPSA) is 96.0 Å². The number of nitriles is 1. The molecular weight excluding hydrogens is 350 g/mol. The molecule has 0 heterocycles. The number of nitrogens with one attached hydrogen (secondary N) is 1. The summed E-state index contributed by atoms with van der Waals surface area (Å²) in [6, 6.07) is 12.9. The lowest BCUT2D eigenvalue weighted by molar-refractivity contribution is -0.384. The highest BCUT2D eigenvalue weighted by Gasteiger charge is 2.17. The van der Waals surface area contributed by atoms with Crippen molar-refractivity contribution in [2.75, 3.05) is 11.1 Å². The summed E-state index contributed by atoms with van der Waals surface area (Å²) in [5.41, 5.74) is 0.386. The number of hydrogen-bond donors (Lipinski definition) is 1. The molecule has 0 aromatic heterocycles. The molecule has 8 heteroatoms. The van der Waals surface area contributed by atoms with Crippen LogP contribution in [0.1, 0.15) is 16.8 Å². The largest absolute Gasteiger partial charge is 0.321 e. The summed E-state index contributed by atoms with van der Waals surface area (Å²) in [5.74, 6) is 0.0676. The lowest BCUT2D eigenvalue weighted by atomic mass is 10.2. The van der Waals surface area contributed by atoms with Gasteiger partial charge in [0.1, 0.15) is 0 Å². The number of hydrogen-bond acceptors (Lipinski definition) is 5. The Morgan fingerprint density at radius 3 is 2.79 bits per heavy atom. The summed E-state index contributed by atoms with van der Waals surface area (Å²) < 4.78 is 0. The summed E-state index contributed by atoms with van der Waals surface area (Å²) in [4.78, 5) is 23.5. The predicted molar refractivity (Wildman–Crippen MR) is 93.5 cm³/mol. The van der Waals surface area contributed by atoms with Crippen molar-refractivity contribution in [1.29, 1.82) is 5.26 Å². The van der Waals surface area contributed by atoms with Crippen molar-refractivity contribution in [2.24, 2.45) is 0 Å². The van der Waals surface area contributed by atoms with Gasteiger partial charge in [-0.1, -0.05) is 23.7 Å². The summed E-state index contributed by atoms with van der Waals surface area (Å²) >= 11 is 7.42. The van der Waals surface area contributed by atoms with E-state index in [-0.39, 0.29) is 16.3 Å². The van der Waals surface area contributed by atoms with Crippen molar-refractivity contribution in [1.82, 2.24) is 0 Å². The second-order valence-electron chi connectivity index (χ2n) is 4.63. The van der Waals surface area contributed by atoms with Crippen molar-refractivity contribution in [2.45, 2.75) is 11.3 Å². The molecule has 2 aromatic carbocycles. The Balaban J connectivity index is 2.23. The number of thioether (sulfide) groups is 1. The third-order valence-electron chi connectivity index (χ3n) is 3.01. The van der Waals surface area contributed by atoms with Gasteiger partial charge in [0.2, 0.25) is 0 Å². The molecule has 0 radical (unpaired) electrons. The van der Waals surface area contributed by atoms with E-state index in [1.54, 1.807) is 12.1 Å². The van der Waals surface area contributed by atoms with Crippen LogP contribution in [0.2, 0.25) is 5.02 Å². The first-order chi connectivity index (χ1) is 11.5. The zero-order valence-electron chi connectivity index (χ0n) is 12.4. The standard InChI is InChI=1S/C16H12ClN3O3S/c17-13-7-6-11(20(22)23)10-12(13)16(21)19-14-4-1-2-5-15(14)24-9-3-8-18/h1-2,4-7,10H,3,9H2,(H,19,21). The molecule has 1 N–H and O–H groups in total. The first kappa shape index (κ1) is 17.8. The minimum Gasteiger partial charge on any atom is -0.321 e. The molecule has 1 amide bonds. The van der Waals surface area contributed by atoms with E-state index >= 15 is 0 Å². The number of nitrogens with zero attached hydrogens (tertiary/aromatic N) is 2. The number of rotatable bonds is 6. The average Bonchev–Trinajstić information content (AvgIpc) is 2.56. The number of carbonyl (C=O) groups excluding carboxylic acids is 1. The van der Waals surface area contributed by atoms with Gasteiger partial charge in [0.15, 0.2) is 0 Å². The minimum atomic E-state index is -0.585. The van der Waals surface area contributed by atoms with Gasteiger partial charge in [0.05, 0.1) is 27.3 Å². The third-order valence-corrected chi connectivity index (χ3v) is 4.42. The van der Waals surface area contributed by atoms with Gasteiger partial charge in [0, 0.05) is 29.2 Å². The molecule has 122 valence electrons. The van der Waals surface area contributed by atoms with Gasteiger partial charge in [-0.25, -0.2) is 0 Å². The molecule has 0 bridgehead atoms. The maximum Gasteiger partial charge on any atom is 0.270 e. The number of carbonyl (C=O) groups is 1. The quantitative estimate of drug-likeness (QED) is 0.353. The Morgan fingerprint density at radius 2 is 2.08 bits per heavy atom. The molecule has 0 spiro atoms. The summed E-state index contributed by atoms with van der Waals surface area (Å²) in [7, 11) is 0. The van der Waals surface area contributed by atoms with Gasteiger partial charge < -0.3 is 5.32 Å². The van der Waals surface area contributed by atoms with Gasteiger partial charge in [-0.05, 0) is 18.2 Å². The predicted octanol–water partition coefficient (Wildman–Crippen LogP) is 4.51. The second kappa shape index (κ2) is 8.34. The Labute approximate surface area is 147 Å². The SMILES string of the molecule is N#CCCSc1ccccc1NC(=O)c1cc([N+](=O)[O-])ccc1Cl. The second-order valence-corrected chi connectivity index (χ2v) is 6.17. The Bertz CT molecular complexity index is 820. The zero-order chi connectivity index (χ0) is 17.5. The van der Waals surface area contributed by atoms with Crippen LogP contribution in [0, 0.1) is 21.4 Å². The van der Waals surface area contributed by atoms with E-state index in [0.29, 0.717) is 17.9 Å². The number of amides is 1. The monoisotopic (exact) mass is 361 g/mol. The van der Waals surface area contributed by atoms with Crippen LogP contribution in [0.25, 0.3) is 0 Å². The molecule has 24 heavy (non-hydrogen) atoms. The van der Waals surface area contributed by atoms with Gasteiger partial charge in [-0.3, -0.25) is 14.9 Å². The fraction of sp³-hybridized carbons (Fsp3) is 0.125. The molecule has 0 saturated heterocycles. The van der Waals surface area contributed by atoms with E-state index in [2.05, 4.69) is 11.4 Å². The fourth-order valence-electron chi connectivity index (χ4n) is 1.89. The van der Waals surface area contributed by atoms with Gasteiger partial charge in [0.25, 0.3) is 11.6 Å². The normalized spacial score (nSPS) is 10.0. The van der Waals surface area contributed by atoms with E-state index < -0.39 is 10.8 Å². The van der Waals surface area contributed by atoms with Crippen LogP contribution < -0.4 is 5.32 Å². The van der Waals surface area contributed by atoms with Crippen molar-refractivity contribution in [3.8, 4) is 6.07 Å². The van der Waals surface area contributed by atoms with Crippen LogP contribution in [0.4, 0.5) is 11.4 Å². The Morgan fingerprint density at radius 1 is 1.33 bits per heavy atom. The van der Waals surface area contributed by atoms with Crippen molar-refractivity contribution >= 4 is 40.6 Å². The number of benzene rings is 2. The molecule has 0 aliphatic rings. The number of non-ortho nitro benzene ring substituents is 1. The number of para-hydroxylation sites is 1. The van der Waals surface area contributed by atoms with Crippen LogP contribution in [-0.2, 0) is 0 Å². The lowest BCUT2D eigenvalue weighted by Gasteiger charge is -2.11. The highest BCUT2D eigenvalue weighted by Crippen LogP contribution is 2.29. The van der Waals surface area contributed by atoms with Crippen LogP contribution in [0.15, 0.2) is 47.4 Å². The first-order valence-corrected chi connectivity index (χ1v) is 8.23. The van der Waals surface area contributed by atoms with E-state index in [4.69, 9.17) is 16.9 Å². The van der Waals surface area contributed by atoms with Crippen molar-refractivity contribution in [3.05, 3.63) is 63.2 Å². The molecular formula is C16H12ClN3O3S. The van der Waals surface area contributed by atoms with Crippen molar-refractivity contribution in [3.63, 3.8) is 0 Å². The third kappa shape index (κ3) is 4.47. The summed E-state index contributed by atoms with van der Waals surface area (Å²) in [6.07, 6.45) is 0.393. The Kier molecular flexibility index (Phi) is 6.18. The average molecular weight is 362 g/mol. The molecule has 2 aromatic rings. The smallest absolute Gasteiger partial charge is 0.270 e. The molecule has 0 atom stereocenters. The van der Waals surface area contributed by atoms with E-state index in [1.165, 1.54) is 23.9 Å². The van der Waals surface area contributed by atoms with Gasteiger partial charge in [-0.15, -0.1) is 11.8 Å². The highest BCUT2D eigenvalue weighted by atomic mass is 35.5. The molecule has 0 saturated carbocycles. The van der Waals surface area contributed by atoms with E-state index in [0.717, 1.165) is 11.0 Å². The maximum absolute atomic E-state index is 12.4. The molecule has 0 unspecified atom stereocenters. The van der Waals surface area contributed by atoms with E-state index in [9.17, 15) is 14.9 Å². The molecule has 0 aliphatic heterocycles. The van der Waals surface area contributed by atoms with Crippen LogP contribution in [0.5, 0.6) is 0 Å². The Hall–Kier alpha value is -2.56. The first-order valence-electron chi connectivity index (χ1n) is 6.87. The molecule has 0 aliphatic carbocycles. The van der Waals surface area contributed by atoms with Gasteiger partial charge >= 0.3 is 0 Å². The van der Waals surface area contributed by atoms with Crippen LogP contribution >= 0.6 is 23.4 Å². The molecule has 0 fully saturated rings. The maximum atomic E-state index is 12.4. The summed E-state index contributed by atoms with van der Waals surface area (Å²) in [5, 5.41) is 22.3. The summed E-state index contributed by atoms with van der Waals surface area (Å²) in [6.45, 7) is 0. The lowest BCUT2D eigenvalue weighted by Crippen LogP contribution is -2.13. The number of halogens is 1. The number of nitro groups is 1. The molecule has 6 nitrogen and oxygen atoms in total. The van der Waals surface area contributed by atoms with E-state index in [1.807, 2.05) is 12.1 Å². The zero-order valence-corrected chi connectivity index (χ0v) is 13.9. The minimum absolute atomic E-state index is 0.0303. The fourth-order valence-corrected chi connectivity index (χ4v) is 2.96. The van der Waals surface area contributed by atoms with Crippen molar-refractivity contribution < 1.29 is 9.72 Å². The number of anilines is 1.